The molecule has 2 rings (SSSR count). The lowest BCUT2D eigenvalue weighted by Gasteiger charge is -2.18. The molecule has 0 aliphatic carbocycles. The van der Waals surface area contributed by atoms with Gasteiger partial charge in [0.1, 0.15) is 11.5 Å². The number of rotatable bonds is 6. The van der Waals surface area contributed by atoms with Crippen molar-refractivity contribution in [1.82, 2.24) is 5.32 Å². The molecule has 0 aliphatic heterocycles. The second kappa shape index (κ2) is 7.88. The van der Waals surface area contributed by atoms with Crippen molar-refractivity contribution in [1.29, 1.82) is 0 Å². The molecule has 0 bridgehead atoms. The number of carbonyl (C=O) groups is 1. The minimum atomic E-state index is -0.195. The van der Waals surface area contributed by atoms with Gasteiger partial charge in [-0.2, -0.15) is 0 Å². The van der Waals surface area contributed by atoms with Gasteiger partial charge >= 0.3 is 0 Å². The highest BCUT2D eigenvalue weighted by Crippen LogP contribution is 2.29. The average molecular weight is 334 g/mol. The lowest BCUT2D eigenvalue weighted by molar-refractivity contribution is -0.121. The minimum Gasteiger partial charge on any atom is -0.497 e. The van der Waals surface area contributed by atoms with Crippen LogP contribution in [0.5, 0.6) is 11.5 Å². The molecule has 1 amide bonds. The SMILES string of the molecule is COc1ccc(OC)c([C@@H](C)NC(=O)Cc2ccc(Cl)cc2)c1. The molecule has 0 radical (unpaired) electrons. The van der Waals surface area contributed by atoms with Crippen LogP contribution in [0.15, 0.2) is 42.5 Å². The molecule has 0 spiro atoms. The first-order chi connectivity index (χ1) is 11.0. The van der Waals surface area contributed by atoms with Gasteiger partial charge < -0.3 is 14.8 Å². The predicted octanol–water partition coefficient (Wildman–Crippen LogP) is 3.78. The van der Waals surface area contributed by atoms with Crippen molar-refractivity contribution in [3.05, 3.63) is 58.6 Å². The van der Waals surface area contributed by atoms with E-state index < -0.39 is 0 Å². The summed E-state index contributed by atoms with van der Waals surface area (Å²) in [5.41, 5.74) is 1.79. The molecular weight excluding hydrogens is 314 g/mol. The Kier molecular flexibility index (Phi) is 5.88. The number of carbonyl (C=O) groups excluding carboxylic acids is 1. The van der Waals surface area contributed by atoms with Gasteiger partial charge in [-0.3, -0.25) is 4.79 Å². The number of hydrogen-bond donors (Lipinski definition) is 1. The quantitative estimate of drug-likeness (QED) is 0.875. The van der Waals surface area contributed by atoms with E-state index in [1.807, 2.05) is 37.3 Å². The summed E-state index contributed by atoms with van der Waals surface area (Å²) in [7, 11) is 3.21. The highest BCUT2D eigenvalue weighted by atomic mass is 35.5. The van der Waals surface area contributed by atoms with Crippen LogP contribution in [0.4, 0.5) is 0 Å². The number of methoxy groups -OCH3 is 2. The fourth-order valence-corrected chi connectivity index (χ4v) is 2.46. The van der Waals surface area contributed by atoms with Crippen LogP contribution in [0, 0.1) is 0 Å². The van der Waals surface area contributed by atoms with Gasteiger partial charge in [0, 0.05) is 10.6 Å². The summed E-state index contributed by atoms with van der Waals surface area (Å²) in [6, 6.07) is 12.6. The Morgan fingerprint density at radius 1 is 1.13 bits per heavy atom. The largest absolute Gasteiger partial charge is 0.497 e. The molecule has 23 heavy (non-hydrogen) atoms. The highest BCUT2D eigenvalue weighted by molar-refractivity contribution is 6.30. The van der Waals surface area contributed by atoms with E-state index in [0.717, 1.165) is 16.9 Å². The molecule has 0 saturated carbocycles. The Morgan fingerprint density at radius 2 is 1.83 bits per heavy atom. The molecule has 0 aromatic heterocycles. The second-order valence-corrected chi connectivity index (χ2v) is 5.64. The number of amides is 1. The maximum atomic E-state index is 12.2. The number of benzene rings is 2. The van der Waals surface area contributed by atoms with Gasteiger partial charge in [-0.05, 0) is 42.8 Å². The van der Waals surface area contributed by atoms with E-state index in [1.54, 1.807) is 26.4 Å². The van der Waals surface area contributed by atoms with Crippen molar-refractivity contribution in [2.24, 2.45) is 0 Å². The van der Waals surface area contributed by atoms with Gasteiger partial charge in [0.05, 0.1) is 26.7 Å². The summed E-state index contributed by atoms with van der Waals surface area (Å²) in [6.07, 6.45) is 0.299. The molecule has 0 aliphatic rings. The molecule has 0 heterocycles. The molecular formula is C18H20ClNO3. The summed E-state index contributed by atoms with van der Waals surface area (Å²) in [5.74, 6) is 1.37. The average Bonchev–Trinajstić information content (AvgIpc) is 2.56. The van der Waals surface area contributed by atoms with Crippen LogP contribution in [0.25, 0.3) is 0 Å². The Bertz CT molecular complexity index is 670. The van der Waals surface area contributed by atoms with Crippen LogP contribution in [-0.4, -0.2) is 20.1 Å². The molecule has 4 nitrogen and oxygen atoms in total. The smallest absolute Gasteiger partial charge is 0.224 e. The van der Waals surface area contributed by atoms with Crippen molar-refractivity contribution < 1.29 is 14.3 Å². The normalized spacial score (nSPS) is 11.7. The Morgan fingerprint density at radius 3 is 2.43 bits per heavy atom. The molecule has 2 aromatic carbocycles. The monoisotopic (exact) mass is 333 g/mol. The molecule has 2 aromatic rings. The maximum absolute atomic E-state index is 12.2. The number of halogens is 1. The van der Waals surface area contributed by atoms with Crippen molar-refractivity contribution in [3.8, 4) is 11.5 Å². The number of hydrogen-bond acceptors (Lipinski definition) is 3. The molecule has 122 valence electrons. The van der Waals surface area contributed by atoms with Gasteiger partial charge in [0.25, 0.3) is 0 Å². The van der Waals surface area contributed by atoms with Gasteiger partial charge in [-0.1, -0.05) is 23.7 Å². The third kappa shape index (κ3) is 4.63. The van der Waals surface area contributed by atoms with Gasteiger partial charge in [0.15, 0.2) is 0 Å². The molecule has 5 heteroatoms. The molecule has 0 unspecified atom stereocenters. The van der Waals surface area contributed by atoms with E-state index in [-0.39, 0.29) is 11.9 Å². The number of ether oxygens (including phenoxy) is 2. The molecule has 0 saturated heterocycles. The standard InChI is InChI=1S/C18H20ClNO3/c1-12(16-11-15(22-2)8-9-17(16)23-3)20-18(21)10-13-4-6-14(19)7-5-13/h4-9,11-12H,10H2,1-3H3,(H,20,21)/t12-/m1/s1. The van der Waals surface area contributed by atoms with Gasteiger partial charge in [0.2, 0.25) is 5.91 Å². The molecule has 0 fully saturated rings. The summed E-state index contributed by atoms with van der Waals surface area (Å²) in [4.78, 5) is 12.2. The fourth-order valence-electron chi connectivity index (χ4n) is 2.34. The third-order valence-corrected chi connectivity index (χ3v) is 3.81. The predicted molar refractivity (Wildman–Crippen MR) is 91.3 cm³/mol. The fraction of sp³-hybridized carbons (Fsp3) is 0.278. The second-order valence-electron chi connectivity index (χ2n) is 5.20. The maximum Gasteiger partial charge on any atom is 0.224 e. The zero-order chi connectivity index (χ0) is 16.8. The first-order valence-corrected chi connectivity index (χ1v) is 7.67. The summed E-state index contributed by atoms with van der Waals surface area (Å²) >= 11 is 5.85. The Labute approximate surface area is 141 Å². The van der Waals surface area contributed by atoms with Crippen molar-refractivity contribution >= 4 is 17.5 Å². The Hall–Kier alpha value is -2.20. The van der Waals surface area contributed by atoms with E-state index in [2.05, 4.69) is 5.32 Å². The van der Waals surface area contributed by atoms with Crippen LogP contribution in [0.1, 0.15) is 24.1 Å². The first kappa shape index (κ1) is 17.2. The lowest BCUT2D eigenvalue weighted by atomic mass is 10.1. The first-order valence-electron chi connectivity index (χ1n) is 7.29. The summed E-state index contributed by atoms with van der Waals surface area (Å²) in [6.45, 7) is 1.91. The van der Waals surface area contributed by atoms with E-state index in [9.17, 15) is 4.79 Å². The van der Waals surface area contributed by atoms with E-state index in [4.69, 9.17) is 21.1 Å². The third-order valence-electron chi connectivity index (χ3n) is 3.56. The van der Waals surface area contributed by atoms with Crippen molar-refractivity contribution in [3.63, 3.8) is 0 Å². The van der Waals surface area contributed by atoms with Crippen LogP contribution < -0.4 is 14.8 Å². The summed E-state index contributed by atoms with van der Waals surface area (Å²) < 4.78 is 10.6. The molecule has 1 atom stereocenters. The van der Waals surface area contributed by atoms with Crippen LogP contribution >= 0.6 is 11.6 Å². The van der Waals surface area contributed by atoms with E-state index >= 15 is 0 Å². The highest BCUT2D eigenvalue weighted by Gasteiger charge is 2.15. The number of nitrogens with one attached hydrogen (secondary N) is 1. The summed E-state index contributed by atoms with van der Waals surface area (Å²) in [5, 5.41) is 3.63. The van der Waals surface area contributed by atoms with Crippen LogP contribution in [0.2, 0.25) is 5.02 Å². The Balaban J connectivity index is 2.07. The minimum absolute atomic E-state index is 0.0651. The van der Waals surface area contributed by atoms with Crippen molar-refractivity contribution in [2.75, 3.05) is 14.2 Å². The van der Waals surface area contributed by atoms with Crippen molar-refractivity contribution in [2.45, 2.75) is 19.4 Å². The van der Waals surface area contributed by atoms with Gasteiger partial charge in [-0.25, -0.2) is 0 Å². The van der Waals surface area contributed by atoms with E-state index in [1.165, 1.54) is 0 Å². The molecule has 1 N–H and O–H groups in total. The van der Waals surface area contributed by atoms with E-state index in [0.29, 0.717) is 17.2 Å². The topological polar surface area (TPSA) is 47.6 Å². The van der Waals surface area contributed by atoms with Gasteiger partial charge in [-0.15, -0.1) is 0 Å². The zero-order valence-electron chi connectivity index (χ0n) is 13.4. The van der Waals surface area contributed by atoms with Crippen LogP contribution in [0.3, 0.4) is 0 Å². The lowest BCUT2D eigenvalue weighted by Crippen LogP contribution is -2.28. The zero-order valence-corrected chi connectivity index (χ0v) is 14.2. The van der Waals surface area contributed by atoms with Crippen LogP contribution in [-0.2, 0) is 11.2 Å².